The van der Waals surface area contributed by atoms with Gasteiger partial charge < -0.3 is 4.74 Å². The van der Waals surface area contributed by atoms with E-state index in [1.54, 1.807) is 6.07 Å². The van der Waals surface area contributed by atoms with Crippen molar-refractivity contribution in [3.8, 4) is 11.3 Å². The van der Waals surface area contributed by atoms with Crippen molar-refractivity contribution in [2.24, 2.45) is 0 Å². The fraction of sp³-hybridized carbons (Fsp3) is 0.0769. The summed E-state index contributed by atoms with van der Waals surface area (Å²) in [4.78, 5) is 15.7. The number of methoxy groups -OCH3 is 1. The largest absolute Gasteiger partial charge is 0.465 e. The Hall–Kier alpha value is -1.65. The van der Waals surface area contributed by atoms with Gasteiger partial charge in [-0.25, -0.2) is 14.2 Å². The quantitative estimate of drug-likeness (QED) is 0.622. The van der Waals surface area contributed by atoms with E-state index in [0.717, 1.165) is 0 Å². The molecule has 19 heavy (non-hydrogen) atoms. The molecule has 0 aliphatic carbocycles. The van der Waals surface area contributed by atoms with Gasteiger partial charge in [0.15, 0.2) is 0 Å². The standard InChI is InChI=1S/C13H8Cl2FNO2/c1-19-13(18)9-6-10(14)12(15)17-11(9)7-3-2-4-8(16)5-7/h2-6H,1H3. The van der Waals surface area contributed by atoms with E-state index in [1.807, 2.05) is 0 Å². The van der Waals surface area contributed by atoms with Crippen molar-refractivity contribution in [3.63, 3.8) is 0 Å². The number of benzene rings is 1. The second-order valence-corrected chi connectivity index (χ2v) is 4.42. The Bertz CT molecular complexity index is 647. The third kappa shape index (κ3) is 2.85. The molecule has 0 radical (unpaired) electrons. The van der Waals surface area contributed by atoms with Crippen molar-refractivity contribution in [2.45, 2.75) is 0 Å². The van der Waals surface area contributed by atoms with Crippen LogP contribution in [0, 0.1) is 5.82 Å². The minimum Gasteiger partial charge on any atom is -0.465 e. The number of ether oxygens (including phenoxy) is 1. The molecule has 2 aromatic rings. The molecule has 0 amide bonds. The van der Waals surface area contributed by atoms with Gasteiger partial charge in [0.05, 0.1) is 23.4 Å². The molecule has 0 atom stereocenters. The highest BCUT2D eigenvalue weighted by molar-refractivity contribution is 6.41. The first-order valence-electron chi connectivity index (χ1n) is 5.23. The summed E-state index contributed by atoms with van der Waals surface area (Å²) in [6.45, 7) is 0. The second-order valence-electron chi connectivity index (χ2n) is 3.66. The molecule has 0 fully saturated rings. The van der Waals surface area contributed by atoms with E-state index in [-0.39, 0.29) is 21.4 Å². The van der Waals surface area contributed by atoms with Crippen molar-refractivity contribution < 1.29 is 13.9 Å². The molecule has 0 aliphatic rings. The van der Waals surface area contributed by atoms with Crippen LogP contribution in [0.3, 0.4) is 0 Å². The van der Waals surface area contributed by atoms with Crippen LogP contribution in [0.5, 0.6) is 0 Å². The molecule has 1 aromatic carbocycles. The van der Waals surface area contributed by atoms with Crippen molar-refractivity contribution in [1.29, 1.82) is 0 Å². The van der Waals surface area contributed by atoms with E-state index in [9.17, 15) is 9.18 Å². The van der Waals surface area contributed by atoms with Crippen LogP contribution >= 0.6 is 23.2 Å². The SMILES string of the molecule is COC(=O)c1cc(Cl)c(Cl)nc1-c1cccc(F)c1. The van der Waals surface area contributed by atoms with Gasteiger partial charge in [-0.05, 0) is 18.2 Å². The molecule has 0 N–H and O–H groups in total. The summed E-state index contributed by atoms with van der Waals surface area (Å²) in [7, 11) is 1.24. The Morgan fingerprint density at radius 3 is 2.68 bits per heavy atom. The Balaban J connectivity index is 2.67. The maximum atomic E-state index is 13.2. The third-order valence-electron chi connectivity index (χ3n) is 2.44. The monoisotopic (exact) mass is 299 g/mol. The lowest BCUT2D eigenvalue weighted by Gasteiger charge is -2.09. The van der Waals surface area contributed by atoms with E-state index in [1.165, 1.54) is 31.4 Å². The molecule has 98 valence electrons. The molecule has 6 heteroatoms. The third-order valence-corrected chi connectivity index (χ3v) is 3.11. The zero-order valence-corrected chi connectivity index (χ0v) is 11.3. The highest BCUT2D eigenvalue weighted by atomic mass is 35.5. The fourth-order valence-corrected chi connectivity index (χ4v) is 1.88. The van der Waals surface area contributed by atoms with Crippen molar-refractivity contribution in [3.05, 3.63) is 51.9 Å². The Morgan fingerprint density at radius 2 is 2.05 bits per heavy atom. The van der Waals surface area contributed by atoms with Gasteiger partial charge in [-0.1, -0.05) is 35.3 Å². The topological polar surface area (TPSA) is 39.2 Å². The highest BCUT2D eigenvalue weighted by Gasteiger charge is 2.18. The van der Waals surface area contributed by atoms with Crippen molar-refractivity contribution >= 4 is 29.2 Å². The predicted molar refractivity (Wildman–Crippen MR) is 71.0 cm³/mol. The summed E-state index contributed by atoms with van der Waals surface area (Å²) in [5, 5.41) is 0.163. The molecular formula is C13H8Cl2FNO2. The maximum Gasteiger partial charge on any atom is 0.340 e. The molecule has 0 bridgehead atoms. The smallest absolute Gasteiger partial charge is 0.340 e. The van der Waals surface area contributed by atoms with E-state index in [2.05, 4.69) is 9.72 Å². The van der Waals surface area contributed by atoms with Crippen LogP contribution < -0.4 is 0 Å². The fourth-order valence-electron chi connectivity index (χ4n) is 1.59. The number of pyridine rings is 1. The van der Waals surface area contributed by atoms with Crippen LogP contribution in [-0.4, -0.2) is 18.1 Å². The van der Waals surface area contributed by atoms with Crippen LogP contribution in [0.1, 0.15) is 10.4 Å². The molecule has 3 nitrogen and oxygen atoms in total. The second kappa shape index (κ2) is 5.55. The summed E-state index contributed by atoms with van der Waals surface area (Å²) in [6.07, 6.45) is 0. The van der Waals surface area contributed by atoms with Gasteiger partial charge in [0.1, 0.15) is 11.0 Å². The predicted octanol–water partition coefficient (Wildman–Crippen LogP) is 3.98. The van der Waals surface area contributed by atoms with E-state index >= 15 is 0 Å². The van der Waals surface area contributed by atoms with Crippen LogP contribution in [0.4, 0.5) is 4.39 Å². The Kier molecular flexibility index (Phi) is 4.02. The highest BCUT2D eigenvalue weighted by Crippen LogP contribution is 2.29. The van der Waals surface area contributed by atoms with Gasteiger partial charge in [0.2, 0.25) is 0 Å². The van der Waals surface area contributed by atoms with Crippen LogP contribution in [0.25, 0.3) is 11.3 Å². The molecule has 1 heterocycles. The Morgan fingerprint density at radius 1 is 1.32 bits per heavy atom. The molecule has 1 aromatic heterocycles. The average molecular weight is 300 g/mol. The van der Waals surface area contributed by atoms with E-state index in [0.29, 0.717) is 5.56 Å². The van der Waals surface area contributed by atoms with Crippen molar-refractivity contribution in [1.82, 2.24) is 4.98 Å². The lowest BCUT2D eigenvalue weighted by Crippen LogP contribution is -2.05. The van der Waals surface area contributed by atoms with Gasteiger partial charge in [0.25, 0.3) is 0 Å². The summed E-state index contributed by atoms with van der Waals surface area (Å²) in [5.41, 5.74) is 0.766. The van der Waals surface area contributed by atoms with Gasteiger partial charge >= 0.3 is 5.97 Å². The molecule has 0 saturated heterocycles. The van der Waals surface area contributed by atoms with Crippen LogP contribution in [0.2, 0.25) is 10.2 Å². The van der Waals surface area contributed by atoms with Gasteiger partial charge in [-0.2, -0.15) is 0 Å². The summed E-state index contributed by atoms with van der Waals surface area (Å²) in [5.74, 6) is -1.06. The summed E-state index contributed by atoms with van der Waals surface area (Å²) >= 11 is 11.7. The number of carbonyl (C=O) groups is 1. The number of nitrogens with zero attached hydrogens (tertiary/aromatic N) is 1. The average Bonchev–Trinajstić information content (AvgIpc) is 2.40. The molecule has 2 rings (SSSR count). The van der Waals surface area contributed by atoms with Gasteiger partial charge in [0, 0.05) is 5.56 Å². The van der Waals surface area contributed by atoms with E-state index < -0.39 is 11.8 Å². The lowest BCUT2D eigenvalue weighted by molar-refractivity contribution is 0.0601. The number of hydrogen-bond donors (Lipinski definition) is 0. The first kappa shape index (κ1) is 13.8. The van der Waals surface area contributed by atoms with Gasteiger partial charge in [-0.15, -0.1) is 0 Å². The number of halogens is 3. The minimum absolute atomic E-state index is 0.0357. The van der Waals surface area contributed by atoms with Crippen LogP contribution in [0.15, 0.2) is 30.3 Å². The number of hydrogen-bond acceptors (Lipinski definition) is 3. The maximum absolute atomic E-state index is 13.2. The number of aromatic nitrogens is 1. The Labute approximate surface area is 118 Å². The van der Waals surface area contributed by atoms with Crippen molar-refractivity contribution in [2.75, 3.05) is 7.11 Å². The molecule has 0 unspecified atom stereocenters. The number of esters is 1. The molecule has 0 spiro atoms. The van der Waals surface area contributed by atoms with E-state index in [4.69, 9.17) is 23.2 Å². The first-order chi connectivity index (χ1) is 9.02. The molecular weight excluding hydrogens is 292 g/mol. The number of rotatable bonds is 2. The lowest BCUT2D eigenvalue weighted by atomic mass is 10.1. The first-order valence-corrected chi connectivity index (χ1v) is 5.99. The summed E-state index contributed by atoms with van der Waals surface area (Å²) in [6, 6.07) is 7.01. The summed E-state index contributed by atoms with van der Waals surface area (Å²) < 4.78 is 17.9. The molecule has 0 aliphatic heterocycles. The molecule has 0 saturated carbocycles. The van der Waals surface area contributed by atoms with Crippen LogP contribution in [-0.2, 0) is 4.74 Å². The zero-order valence-electron chi connectivity index (χ0n) is 9.78. The number of carbonyl (C=O) groups excluding carboxylic acids is 1. The van der Waals surface area contributed by atoms with Gasteiger partial charge in [-0.3, -0.25) is 0 Å². The normalized spacial score (nSPS) is 10.3. The minimum atomic E-state index is -0.620. The zero-order chi connectivity index (χ0) is 14.0.